The van der Waals surface area contributed by atoms with Gasteiger partial charge >= 0.3 is 0 Å². The largest absolute Gasteiger partial charge is 0.379 e. The van der Waals surface area contributed by atoms with E-state index >= 15 is 0 Å². The molecule has 40 heavy (non-hydrogen) atoms. The number of fused-ring (bicyclic) bond motifs is 1. The molecule has 9 nitrogen and oxygen atoms in total. The predicted octanol–water partition coefficient (Wildman–Crippen LogP) is 3.47. The van der Waals surface area contributed by atoms with Crippen LogP contribution in [0.3, 0.4) is 0 Å². The molecule has 0 aromatic heterocycles. The Hall–Kier alpha value is -2.52. The summed E-state index contributed by atoms with van der Waals surface area (Å²) in [6, 6.07) is -1.08. The molecule has 2 fully saturated rings. The number of allylic oxidation sites excluding steroid dienone is 3. The molecule has 0 aromatic carbocycles. The minimum absolute atomic E-state index is 0.00894. The van der Waals surface area contributed by atoms with Crippen molar-refractivity contribution in [2.24, 2.45) is 17.6 Å². The average Bonchev–Trinajstić information content (AvgIpc) is 3.37. The third-order valence-electron chi connectivity index (χ3n) is 8.01. The number of carbonyl (C=O) groups excluding carboxylic acids is 4. The number of nitrogens with one attached hydrogen (secondary N) is 3. The fourth-order valence-corrected chi connectivity index (χ4v) is 5.60. The van der Waals surface area contributed by atoms with Crippen LogP contribution in [0.25, 0.3) is 0 Å². The number of nitrogens with two attached hydrogens (primary N) is 1. The molecule has 226 valence electrons. The lowest BCUT2D eigenvalue weighted by Gasteiger charge is -2.22. The first-order valence-corrected chi connectivity index (χ1v) is 15.0. The first kappa shape index (κ1) is 33.7. The zero-order chi connectivity index (χ0) is 29.9. The van der Waals surface area contributed by atoms with Crippen molar-refractivity contribution in [3.8, 4) is 0 Å². The summed E-state index contributed by atoms with van der Waals surface area (Å²) >= 11 is 0. The van der Waals surface area contributed by atoms with Crippen molar-refractivity contribution in [3.63, 3.8) is 0 Å². The lowest BCUT2D eigenvalue weighted by molar-refractivity contribution is -0.138. The van der Waals surface area contributed by atoms with E-state index in [1.54, 1.807) is 6.92 Å². The zero-order valence-electron chi connectivity index (χ0n) is 25.2. The van der Waals surface area contributed by atoms with Crippen LogP contribution in [0.1, 0.15) is 98.8 Å². The Morgan fingerprint density at radius 3 is 2.17 bits per heavy atom. The quantitative estimate of drug-likeness (QED) is 0.108. The summed E-state index contributed by atoms with van der Waals surface area (Å²) in [6.45, 7) is 14.6. The standard InChI is InChI=1S/C31H52N4O5/c1-20(2)21(3)34-24(22(4)36)15-13-11-9-7-8-10-12-14-16-25(29(38)30(32)39)35-28(37)17-26-23-18-31(5,6)40-27(23)19-33-26/h7-8,20,23-27,33-34H,3,9-19H2,1-2,4-6H3,(H2,32,39)(H,35,37)/b8-7+/t23?,24-,25-,26+,27-/m0/s1. The van der Waals surface area contributed by atoms with E-state index in [4.69, 9.17) is 10.5 Å². The molecule has 9 heteroatoms. The molecule has 0 aromatic rings. The van der Waals surface area contributed by atoms with E-state index < -0.39 is 17.7 Å². The zero-order valence-corrected chi connectivity index (χ0v) is 25.2. The number of primary amides is 1. The maximum absolute atomic E-state index is 12.8. The summed E-state index contributed by atoms with van der Waals surface area (Å²) in [5.41, 5.74) is 5.96. The van der Waals surface area contributed by atoms with E-state index in [1.165, 1.54) is 0 Å². The molecule has 0 bridgehead atoms. The Kier molecular flexibility index (Phi) is 13.5. The third kappa shape index (κ3) is 11.2. The Balaban J connectivity index is 1.67. The van der Waals surface area contributed by atoms with E-state index in [0.29, 0.717) is 25.3 Å². The smallest absolute Gasteiger partial charge is 0.287 e. The van der Waals surface area contributed by atoms with Gasteiger partial charge in [0, 0.05) is 30.6 Å². The van der Waals surface area contributed by atoms with Gasteiger partial charge in [0.25, 0.3) is 5.91 Å². The maximum atomic E-state index is 12.8. The second kappa shape index (κ2) is 16.1. The first-order valence-electron chi connectivity index (χ1n) is 15.0. The van der Waals surface area contributed by atoms with E-state index in [2.05, 4.69) is 62.4 Å². The van der Waals surface area contributed by atoms with Crippen LogP contribution in [-0.2, 0) is 23.9 Å². The van der Waals surface area contributed by atoms with Gasteiger partial charge in [-0.05, 0) is 71.6 Å². The van der Waals surface area contributed by atoms with Crippen LogP contribution in [-0.4, -0.2) is 59.8 Å². The van der Waals surface area contributed by atoms with Gasteiger partial charge in [-0.2, -0.15) is 0 Å². The van der Waals surface area contributed by atoms with Crippen LogP contribution in [0.15, 0.2) is 24.4 Å². The summed E-state index contributed by atoms with van der Waals surface area (Å²) in [5.74, 6) is -1.33. The van der Waals surface area contributed by atoms with Crippen molar-refractivity contribution < 1.29 is 23.9 Å². The van der Waals surface area contributed by atoms with Crippen LogP contribution >= 0.6 is 0 Å². The van der Waals surface area contributed by atoms with Gasteiger partial charge in [0.2, 0.25) is 11.7 Å². The highest BCUT2D eigenvalue weighted by Gasteiger charge is 2.48. The van der Waals surface area contributed by atoms with Gasteiger partial charge in [-0.15, -0.1) is 0 Å². The minimum atomic E-state index is -1.02. The molecule has 0 saturated carbocycles. The molecule has 2 rings (SSSR count). The number of hydrogen-bond acceptors (Lipinski definition) is 7. The van der Waals surface area contributed by atoms with Gasteiger partial charge in [0.15, 0.2) is 5.78 Å². The lowest BCUT2D eigenvalue weighted by Crippen LogP contribution is -2.47. The SMILES string of the molecule is C=C(N[C@@H](CCCC/C=C/CCCC[C@H](NC(=O)C[C@H]1NC[C@@H]2OC(C)(C)CC21)C(=O)C(N)=O)C(C)=O)C(C)C. The van der Waals surface area contributed by atoms with Gasteiger partial charge < -0.3 is 26.4 Å². The van der Waals surface area contributed by atoms with Crippen LogP contribution in [0, 0.1) is 11.8 Å². The molecule has 0 aliphatic carbocycles. The first-order chi connectivity index (χ1) is 18.8. The highest BCUT2D eigenvalue weighted by Crippen LogP contribution is 2.40. The van der Waals surface area contributed by atoms with Crippen molar-refractivity contribution in [1.29, 1.82) is 0 Å². The monoisotopic (exact) mass is 560 g/mol. The molecule has 5 N–H and O–H groups in total. The predicted molar refractivity (Wildman–Crippen MR) is 157 cm³/mol. The molecular formula is C31H52N4O5. The molecule has 2 aliphatic rings. The number of amides is 2. The molecule has 2 aliphatic heterocycles. The van der Waals surface area contributed by atoms with Crippen LogP contribution in [0.4, 0.5) is 0 Å². The van der Waals surface area contributed by atoms with Crippen LogP contribution in [0.2, 0.25) is 0 Å². The molecule has 0 spiro atoms. The van der Waals surface area contributed by atoms with Crippen LogP contribution in [0.5, 0.6) is 0 Å². The number of rotatable bonds is 19. The second-order valence-corrected chi connectivity index (χ2v) is 12.4. The van der Waals surface area contributed by atoms with Crippen molar-refractivity contribution in [2.45, 2.75) is 129 Å². The summed E-state index contributed by atoms with van der Waals surface area (Å²) < 4.78 is 6.05. The molecular weight excluding hydrogens is 508 g/mol. The van der Waals surface area contributed by atoms with E-state index in [9.17, 15) is 19.2 Å². The number of Topliss-reactive ketones (excluding diaryl/α,β-unsaturated/α-hetero) is 2. The van der Waals surface area contributed by atoms with Gasteiger partial charge in [-0.1, -0.05) is 45.4 Å². The lowest BCUT2D eigenvalue weighted by atomic mass is 9.89. The number of ketones is 2. The Labute approximate surface area is 240 Å². The fourth-order valence-electron chi connectivity index (χ4n) is 5.60. The molecule has 5 atom stereocenters. The number of unbranched alkanes of at least 4 members (excludes halogenated alkanes) is 4. The van der Waals surface area contributed by atoms with Crippen molar-refractivity contribution in [1.82, 2.24) is 16.0 Å². The minimum Gasteiger partial charge on any atom is -0.379 e. The fraction of sp³-hybridized carbons (Fsp3) is 0.742. The third-order valence-corrected chi connectivity index (χ3v) is 8.01. The van der Waals surface area contributed by atoms with E-state index in [-0.39, 0.29) is 47.8 Å². The molecule has 1 unspecified atom stereocenters. The summed E-state index contributed by atoms with van der Waals surface area (Å²) in [5, 5.41) is 9.39. The van der Waals surface area contributed by atoms with Crippen LogP contribution < -0.4 is 21.7 Å². The summed E-state index contributed by atoms with van der Waals surface area (Å²) in [7, 11) is 0. The topological polar surface area (TPSA) is 140 Å². The van der Waals surface area contributed by atoms with Crippen molar-refractivity contribution in [3.05, 3.63) is 24.4 Å². The number of carbonyl (C=O) groups is 4. The van der Waals surface area contributed by atoms with Crippen molar-refractivity contribution in [2.75, 3.05) is 6.54 Å². The second-order valence-electron chi connectivity index (χ2n) is 12.4. The highest BCUT2D eigenvalue weighted by atomic mass is 16.5. The highest BCUT2D eigenvalue weighted by molar-refractivity contribution is 6.37. The molecule has 2 heterocycles. The van der Waals surface area contributed by atoms with Gasteiger partial charge in [0.1, 0.15) is 0 Å². The van der Waals surface area contributed by atoms with E-state index in [1.807, 2.05) is 0 Å². The molecule has 0 radical (unpaired) electrons. The van der Waals surface area contributed by atoms with Gasteiger partial charge in [-0.3, -0.25) is 19.2 Å². The normalized spacial score (nSPS) is 23.1. The Bertz CT molecular complexity index is 929. The summed E-state index contributed by atoms with van der Waals surface area (Å²) in [6.07, 6.45) is 11.9. The average molecular weight is 561 g/mol. The van der Waals surface area contributed by atoms with Gasteiger partial charge in [-0.25, -0.2) is 0 Å². The number of hydrogen-bond donors (Lipinski definition) is 4. The van der Waals surface area contributed by atoms with Gasteiger partial charge in [0.05, 0.1) is 23.8 Å². The van der Waals surface area contributed by atoms with Crippen molar-refractivity contribution >= 4 is 23.4 Å². The Morgan fingerprint density at radius 1 is 1.02 bits per heavy atom. The Morgan fingerprint density at radius 2 is 1.62 bits per heavy atom. The maximum Gasteiger partial charge on any atom is 0.287 e. The molecule has 2 saturated heterocycles. The summed E-state index contributed by atoms with van der Waals surface area (Å²) in [4.78, 5) is 48.6. The number of ether oxygens (including phenoxy) is 1. The van der Waals surface area contributed by atoms with E-state index in [0.717, 1.165) is 50.6 Å². The molecule has 2 amide bonds.